The fourth-order valence-corrected chi connectivity index (χ4v) is 4.74. The van der Waals surface area contributed by atoms with Crippen LogP contribution in [0.15, 0.2) is 48.7 Å². The number of hydrogen-bond acceptors (Lipinski definition) is 5. The van der Waals surface area contributed by atoms with Crippen molar-refractivity contribution in [2.75, 3.05) is 21.7 Å². The number of nitrogens with zero attached hydrogens (tertiary/aromatic N) is 3. The molecular formula is C25H33N5O. The molecule has 2 atom stereocenters. The number of benzene rings is 1. The van der Waals surface area contributed by atoms with Gasteiger partial charge in [0.1, 0.15) is 12.1 Å². The molecule has 6 nitrogen and oxygen atoms in total. The van der Waals surface area contributed by atoms with Crippen LogP contribution in [-0.2, 0) is 4.79 Å². The Morgan fingerprint density at radius 2 is 2.00 bits per heavy atom. The summed E-state index contributed by atoms with van der Waals surface area (Å²) in [5.74, 6) is 1.99. The molecule has 0 radical (unpaired) electrons. The number of piperidine rings is 1. The van der Waals surface area contributed by atoms with E-state index in [0.29, 0.717) is 6.04 Å². The molecule has 6 heteroatoms. The Kier molecular flexibility index (Phi) is 6.16. The molecular weight excluding hydrogens is 386 g/mol. The summed E-state index contributed by atoms with van der Waals surface area (Å²) in [6.45, 7) is 9.50. The van der Waals surface area contributed by atoms with Gasteiger partial charge in [0, 0.05) is 41.8 Å². The van der Waals surface area contributed by atoms with E-state index in [1.165, 1.54) is 5.39 Å². The summed E-state index contributed by atoms with van der Waals surface area (Å²) < 4.78 is 0. The lowest BCUT2D eigenvalue weighted by Gasteiger charge is -2.44. The number of anilines is 3. The van der Waals surface area contributed by atoms with E-state index in [9.17, 15) is 4.79 Å². The lowest BCUT2D eigenvalue weighted by atomic mass is 9.95. The third-order valence-electron chi connectivity index (χ3n) is 6.02. The van der Waals surface area contributed by atoms with Crippen molar-refractivity contribution in [1.29, 1.82) is 0 Å². The summed E-state index contributed by atoms with van der Waals surface area (Å²) in [5.41, 5.74) is 2.15. The van der Waals surface area contributed by atoms with Gasteiger partial charge in [0.25, 0.3) is 0 Å². The predicted octanol–water partition coefficient (Wildman–Crippen LogP) is 4.83. The maximum absolute atomic E-state index is 12.1. The Hall–Kier alpha value is -3.02. The summed E-state index contributed by atoms with van der Waals surface area (Å²) in [7, 11) is 0. The van der Waals surface area contributed by atoms with Gasteiger partial charge in [0.15, 0.2) is 5.82 Å². The van der Waals surface area contributed by atoms with E-state index in [1.807, 2.05) is 24.4 Å². The molecule has 2 aromatic heterocycles. The average Bonchev–Trinajstić information content (AvgIpc) is 3.18. The molecule has 1 saturated heterocycles. The lowest BCUT2D eigenvalue weighted by molar-refractivity contribution is -0.109. The number of fused-ring (bicyclic) bond motifs is 1. The number of aromatic amines is 1. The molecule has 3 aromatic rings. The largest absolute Gasteiger partial charge is 0.380 e. The molecule has 0 aliphatic carbocycles. The van der Waals surface area contributed by atoms with E-state index in [1.54, 1.807) is 0 Å². The summed E-state index contributed by atoms with van der Waals surface area (Å²) in [4.78, 5) is 25.0. The zero-order valence-electron chi connectivity index (χ0n) is 18.9. The second kappa shape index (κ2) is 9.00. The Morgan fingerprint density at radius 3 is 2.71 bits per heavy atom. The number of pyridine rings is 1. The molecule has 0 amide bonds. The minimum absolute atomic E-state index is 0.168. The molecule has 3 heterocycles. The van der Waals surface area contributed by atoms with E-state index in [0.717, 1.165) is 48.5 Å². The normalized spacial score (nSPS) is 19.2. The Morgan fingerprint density at radius 1 is 1.19 bits per heavy atom. The molecule has 2 N–H and O–H groups in total. The first kappa shape index (κ1) is 21.2. The Balaban J connectivity index is 1.60. The van der Waals surface area contributed by atoms with Gasteiger partial charge in [-0.3, -0.25) is 0 Å². The smallest absolute Gasteiger partial charge is 0.152 e. The van der Waals surface area contributed by atoms with Crippen LogP contribution in [0.5, 0.6) is 0 Å². The van der Waals surface area contributed by atoms with Crippen molar-refractivity contribution in [3.63, 3.8) is 0 Å². The zero-order valence-corrected chi connectivity index (χ0v) is 18.9. The third-order valence-corrected chi connectivity index (χ3v) is 6.02. The summed E-state index contributed by atoms with van der Waals surface area (Å²) in [6, 6.07) is 15.1. The van der Waals surface area contributed by atoms with Crippen molar-refractivity contribution >= 4 is 34.5 Å². The topological polar surface area (TPSA) is 64.3 Å². The van der Waals surface area contributed by atoms with Crippen LogP contribution in [0.4, 0.5) is 17.3 Å². The molecule has 2 unspecified atom stereocenters. The highest BCUT2D eigenvalue weighted by molar-refractivity contribution is 5.85. The van der Waals surface area contributed by atoms with Crippen LogP contribution in [0, 0.1) is 0 Å². The van der Waals surface area contributed by atoms with Crippen molar-refractivity contribution in [2.45, 2.75) is 64.7 Å². The van der Waals surface area contributed by atoms with E-state index in [2.05, 4.69) is 72.1 Å². The van der Waals surface area contributed by atoms with Crippen LogP contribution in [0.2, 0.25) is 0 Å². The van der Waals surface area contributed by atoms with Crippen molar-refractivity contribution < 1.29 is 4.79 Å². The molecule has 1 fully saturated rings. The molecule has 4 rings (SSSR count). The van der Waals surface area contributed by atoms with Crippen LogP contribution in [0.3, 0.4) is 0 Å². The molecule has 1 aromatic carbocycles. The summed E-state index contributed by atoms with van der Waals surface area (Å²) in [6.07, 6.45) is 4.69. The van der Waals surface area contributed by atoms with Crippen LogP contribution in [0.25, 0.3) is 10.9 Å². The first-order chi connectivity index (χ1) is 15.0. The number of aromatic nitrogens is 2. The van der Waals surface area contributed by atoms with Crippen molar-refractivity contribution in [1.82, 2.24) is 9.97 Å². The number of hydrogen-bond donors (Lipinski definition) is 2. The molecule has 1 aliphatic heterocycles. The fourth-order valence-electron chi connectivity index (χ4n) is 4.74. The van der Waals surface area contributed by atoms with Gasteiger partial charge in [0.05, 0.1) is 11.7 Å². The fraction of sp³-hybridized carbons (Fsp3) is 0.440. The van der Waals surface area contributed by atoms with Gasteiger partial charge in [-0.25, -0.2) is 4.98 Å². The second-order valence-electron chi connectivity index (χ2n) is 8.99. The van der Waals surface area contributed by atoms with Gasteiger partial charge in [-0.1, -0.05) is 18.2 Å². The number of para-hydroxylation sites is 1. The molecule has 0 bridgehead atoms. The third kappa shape index (κ3) is 4.38. The van der Waals surface area contributed by atoms with Crippen LogP contribution in [0.1, 0.15) is 40.5 Å². The van der Waals surface area contributed by atoms with Gasteiger partial charge < -0.3 is 24.9 Å². The van der Waals surface area contributed by atoms with E-state index in [4.69, 9.17) is 4.98 Å². The second-order valence-corrected chi connectivity index (χ2v) is 8.99. The number of aldehydes is 1. The molecule has 31 heavy (non-hydrogen) atoms. The number of carbonyl (C=O) groups excluding carboxylic acids is 1. The summed E-state index contributed by atoms with van der Waals surface area (Å²) in [5, 5.41) is 4.71. The SMILES string of the molecule is CC(C)Nc1cccnc1N(C(C)C)C1CCN(c2cc3ccccc3[nH]2)C(C=O)C1. The van der Waals surface area contributed by atoms with Crippen molar-refractivity contribution in [2.24, 2.45) is 0 Å². The van der Waals surface area contributed by atoms with E-state index in [-0.39, 0.29) is 18.1 Å². The van der Waals surface area contributed by atoms with E-state index >= 15 is 0 Å². The minimum Gasteiger partial charge on any atom is -0.380 e. The first-order valence-electron chi connectivity index (χ1n) is 11.3. The highest BCUT2D eigenvalue weighted by Crippen LogP contribution is 2.34. The van der Waals surface area contributed by atoms with Crippen LogP contribution in [-0.4, -0.2) is 47.0 Å². The van der Waals surface area contributed by atoms with Crippen LogP contribution >= 0.6 is 0 Å². The first-order valence-corrected chi connectivity index (χ1v) is 11.3. The predicted molar refractivity (Wildman–Crippen MR) is 129 cm³/mol. The quantitative estimate of drug-likeness (QED) is 0.537. The highest BCUT2D eigenvalue weighted by Gasteiger charge is 2.34. The van der Waals surface area contributed by atoms with Crippen LogP contribution < -0.4 is 15.1 Å². The standard InChI is InChI=1S/C25H33N5O/c1-17(2)27-23-10-7-12-26-25(23)30(18(3)4)20-11-13-29(21(15-20)16-31)24-14-19-8-5-6-9-22(19)28-24/h5-10,12,14,16-18,20-21,27-28H,11,13,15H2,1-4H3. The highest BCUT2D eigenvalue weighted by atomic mass is 16.1. The molecule has 1 aliphatic rings. The minimum atomic E-state index is -0.168. The van der Waals surface area contributed by atoms with Gasteiger partial charge in [-0.05, 0) is 64.8 Å². The number of H-pyrrole nitrogens is 1. The Labute approximate surface area is 184 Å². The summed E-state index contributed by atoms with van der Waals surface area (Å²) >= 11 is 0. The monoisotopic (exact) mass is 419 g/mol. The lowest BCUT2D eigenvalue weighted by Crippen LogP contribution is -2.53. The van der Waals surface area contributed by atoms with Crippen molar-refractivity contribution in [3.8, 4) is 0 Å². The maximum Gasteiger partial charge on any atom is 0.152 e. The van der Waals surface area contributed by atoms with Gasteiger partial charge in [0.2, 0.25) is 0 Å². The van der Waals surface area contributed by atoms with Gasteiger partial charge >= 0.3 is 0 Å². The molecule has 0 saturated carbocycles. The Bertz CT molecular complexity index is 994. The van der Waals surface area contributed by atoms with Gasteiger partial charge in [-0.15, -0.1) is 0 Å². The van der Waals surface area contributed by atoms with Crippen molar-refractivity contribution in [3.05, 3.63) is 48.7 Å². The molecule has 164 valence electrons. The maximum atomic E-state index is 12.1. The average molecular weight is 420 g/mol. The number of nitrogens with one attached hydrogen (secondary N) is 2. The molecule has 0 spiro atoms. The zero-order chi connectivity index (χ0) is 22.0. The van der Waals surface area contributed by atoms with E-state index < -0.39 is 0 Å². The number of rotatable bonds is 7. The van der Waals surface area contributed by atoms with Gasteiger partial charge in [-0.2, -0.15) is 0 Å². The number of carbonyl (C=O) groups is 1.